The first kappa shape index (κ1) is 14.5. The molecule has 1 unspecified atom stereocenters. The number of carbonyl (C=O) groups excluding carboxylic acids is 1. The molecule has 0 aliphatic carbocycles. The van der Waals surface area contributed by atoms with Crippen molar-refractivity contribution in [2.24, 2.45) is 5.92 Å². The molecule has 1 atom stereocenters. The fourth-order valence-electron chi connectivity index (χ4n) is 1.32. The molecule has 2 N–H and O–H groups in total. The molecule has 0 aromatic heterocycles. The predicted octanol–water partition coefficient (Wildman–Crippen LogP) is 1.51. The molecule has 0 saturated carbocycles. The third kappa shape index (κ3) is 4.03. The molecule has 0 spiro atoms. The van der Waals surface area contributed by atoms with Crippen LogP contribution in [-0.4, -0.2) is 25.2 Å². The number of amides is 1. The molecular formula is C12H16BFNO3. The lowest BCUT2D eigenvalue weighted by atomic mass is 10.1. The number of nitrogens with one attached hydrogen (secondary N) is 1. The van der Waals surface area contributed by atoms with E-state index in [4.69, 9.17) is 5.02 Å². The van der Waals surface area contributed by atoms with E-state index in [1.54, 1.807) is 0 Å². The maximum absolute atomic E-state index is 13.6. The zero-order chi connectivity index (χ0) is 13.5. The molecule has 6 heteroatoms. The molecule has 0 fully saturated rings. The summed E-state index contributed by atoms with van der Waals surface area (Å²) in [6.45, 7) is 4.54. The van der Waals surface area contributed by atoms with Gasteiger partial charge in [0.05, 0.1) is 5.56 Å². The first-order valence-corrected chi connectivity index (χ1v) is 5.78. The molecule has 1 aromatic rings. The van der Waals surface area contributed by atoms with Gasteiger partial charge in [-0.2, -0.15) is 0 Å². The van der Waals surface area contributed by atoms with Crippen molar-refractivity contribution in [3.8, 4) is 5.75 Å². The van der Waals surface area contributed by atoms with Crippen LogP contribution in [0.2, 0.25) is 0 Å². The average molecular weight is 252 g/mol. The number of halogens is 1. The molecule has 0 aliphatic rings. The Morgan fingerprint density at radius 2 is 2.33 bits per heavy atom. The normalized spacial score (nSPS) is 11.8. The first-order valence-electron chi connectivity index (χ1n) is 5.78. The summed E-state index contributed by atoms with van der Waals surface area (Å²) in [6, 6.07) is 3.78. The number of benzene rings is 1. The van der Waals surface area contributed by atoms with Crippen LogP contribution in [0.15, 0.2) is 18.2 Å². The number of hydrogen-bond acceptors (Lipinski definition) is 3. The van der Waals surface area contributed by atoms with Crippen LogP contribution in [0.25, 0.3) is 0 Å². The maximum atomic E-state index is 13.6. The Balaban J connectivity index is 2.68. The Morgan fingerprint density at radius 1 is 1.61 bits per heavy atom. The molecule has 0 saturated heterocycles. The minimum atomic E-state index is -0.684. The highest BCUT2D eigenvalue weighted by atomic mass is 19.1. The summed E-state index contributed by atoms with van der Waals surface area (Å²) < 4.78 is 18.2. The Labute approximate surface area is 106 Å². The minimum absolute atomic E-state index is 0.0383. The monoisotopic (exact) mass is 252 g/mol. The van der Waals surface area contributed by atoms with Crippen LogP contribution in [0, 0.1) is 11.7 Å². The Hall–Kier alpha value is -1.56. The van der Waals surface area contributed by atoms with E-state index in [1.807, 2.05) is 13.8 Å². The van der Waals surface area contributed by atoms with Crippen LogP contribution in [0.4, 0.5) is 4.39 Å². The molecule has 0 heterocycles. The van der Waals surface area contributed by atoms with Crippen LogP contribution < -0.4 is 9.97 Å². The highest BCUT2D eigenvalue weighted by Gasteiger charge is 2.13. The van der Waals surface area contributed by atoms with Gasteiger partial charge in [-0.05, 0) is 18.1 Å². The van der Waals surface area contributed by atoms with E-state index in [0.717, 1.165) is 12.5 Å². The van der Waals surface area contributed by atoms with Crippen LogP contribution >= 0.6 is 0 Å². The van der Waals surface area contributed by atoms with Gasteiger partial charge in [0, 0.05) is 12.6 Å². The summed E-state index contributed by atoms with van der Waals surface area (Å²) in [5.74, 6) is -0.652. The largest absolute Gasteiger partial charge is 0.569 e. The Bertz CT molecular complexity index is 414. The van der Waals surface area contributed by atoms with Gasteiger partial charge < -0.3 is 15.0 Å². The van der Waals surface area contributed by atoms with Crippen LogP contribution in [0.1, 0.15) is 30.6 Å². The van der Waals surface area contributed by atoms with Gasteiger partial charge in [0.2, 0.25) is 0 Å². The highest BCUT2D eigenvalue weighted by molar-refractivity contribution is 6.17. The molecule has 0 bridgehead atoms. The van der Waals surface area contributed by atoms with E-state index >= 15 is 0 Å². The van der Waals surface area contributed by atoms with Gasteiger partial charge in [0.25, 0.3) is 5.91 Å². The van der Waals surface area contributed by atoms with Crippen molar-refractivity contribution in [1.82, 2.24) is 5.32 Å². The van der Waals surface area contributed by atoms with Crippen molar-refractivity contribution in [3.05, 3.63) is 29.6 Å². The van der Waals surface area contributed by atoms with Crippen LogP contribution in [-0.2, 0) is 0 Å². The number of carbonyl (C=O) groups is 1. The number of hydrogen-bond donors (Lipinski definition) is 2. The summed E-state index contributed by atoms with van der Waals surface area (Å²) in [4.78, 5) is 11.7. The van der Waals surface area contributed by atoms with E-state index in [0.29, 0.717) is 20.1 Å². The topological polar surface area (TPSA) is 58.6 Å². The molecule has 1 rings (SSSR count). The molecule has 0 aliphatic heterocycles. The standard InChI is InChI=1S/C12H16BFNO3/c1-3-8(2)7-15-12(16)10-5-4-9(18-13-17)6-11(10)14/h4-6,8,17H,3,7H2,1-2H3,(H,15,16). The predicted molar refractivity (Wildman–Crippen MR) is 66.8 cm³/mol. The van der Waals surface area contributed by atoms with Gasteiger partial charge in [-0.1, -0.05) is 20.3 Å². The van der Waals surface area contributed by atoms with Crippen molar-refractivity contribution < 1.29 is 18.9 Å². The van der Waals surface area contributed by atoms with Crippen molar-refractivity contribution >= 4 is 13.6 Å². The summed E-state index contributed by atoms with van der Waals surface area (Å²) >= 11 is 0. The van der Waals surface area contributed by atoms with Gasteiger partial charge in [-0.15, -0.1) is 0 Å². The van der Waals surface area contributed by atoms with Gasteiger partial charge in [-0.25, -0.2) is 4.39 Å². The second kappa shape index (κ2) is 7.01. The third-order valence-corrected chi connectivity index (χ3v) is 2.68. The maximum Gasteiger partial charge on any atom is 0.569 e. The average Bonchev–Trinajstić information content (AvgIpc) is 2.36. The fraction of sp³-hybridized carbons (Fsp3) is 0.417. The summed E-state index contributed by atoms with van der Waals surface area (Å²) in [5, 5.41) is 11.1. The van der Waals surface area contributed by atoms with Crippen molar-refractivity contribution in [2.75, 3.05) is 6.54 Å². The Morgan fingerprint density at radius 3 is 2.89 bits per heavy atom. The lowest BCUT2D eigenvalue weighted by Crippen LogP contribution is -2.28. The lowest BCUT2D eigenvalue weighted by Gasteiger charge is -2.11. The lowest BCUT2D eigenvalue weighted by molar-refractivity contribution is 0.0944. The molecular weight excluding hydrogens is 236 g/mol. The van der Waals surface area contributed by atoms with Crippen molar-refractivity contribution in [3.63, 3.8) is 0 Å². The molecule has 1 amide bonds. The van der Waals surface area contributed by atoms with Crippen LogP contribution in [0.3, 0.4) is 0 Å². The van der Waals surface area contributed by atoms with Gasteiger partial charge in [0.15, 0.2) is 0 Å². The fourth-order valence-corrected chi connectivity index (χ4v) is 1.32. The highest BCUT2D eigenvalue weighted by Crippen LogP contribution is 2.16. The second-order valence-electron chi connectivity index (χ2n) is 4.09. The summed E-state index contributed by atoms with van der Waals surface area (Å²) in [6.07, 6.45) is 0.946. The van der Waals surface area contributed by atoms with Gasteiger partial charge >= 0.3 is 7.69 Å². The van der Waals surface area contributed by atoms with E-state index in [9.17, 15) is 9.18 Å². The van der Waals surface area contributed by atoms with Gasteiger partial charge in [0.1, 0.15) is 11.6 Å². The first-order chi connectivity index (χ1) is 8.58. The zero-order valence-electron chi connectivity index (χ0n) is 10.4. The molecule has 1 aromatic carbocycles. The minimum Gasteiger partial charge on any atom is -0.537 e. The number of rotatable bonds is 6. The smallest absolute Gasteiger partial charge is 0.537 e. The third-order valence-electron chi connectivity index (χ3n) is 2.68. The van der Waals surface area contributed by atoms with Crippen molar-refractivity contribution in [2.45, 2.75) is 20.3 Å². The zero-order valence-corrected chi connectivity index (χ0v) is 10.4. The molecule has 4 nitrogen and oxygen atoms in total. The Kier molecular flexibility index (Phi) is 5.65. The second-order valence-corrected chi connectivity index (χ2v) is 4.09. The van der Waals surface area contributed by atoms with Crippen molar-refractivity contribution in [1.29, 1.82) is 0 Å². The van der Waals surface area contributed by atoms with E-state index < -0.39 is 11.7 Å². The molecule has 1 radical (unpaired) electrons. The molecule has 97 valence electrons. The summed E-state index contributed by atoms with van der Waals surface area (Å²) in [5.41, 5.74) is -0.0383. The van der Waals surface area contributed by atoms with Gasteiger partial charge in [-0.3, -0.25) is 4.79 Å². The van der Waals surface area contributed by atoms with E-state index in [1.165, 1.54) is 12.1 Å². The van der Waals surface area contributed by atoms with E-state index in [-0.39, 0.29) is 11.3 Å². The van der Waals surface area contributed by atoms with Crippen LogP contribution in [0.5, 0.6) is 5.75 Å². The molecule has 18 heavy (non-hydrogen) atoms. The summed E-state index contributed by atoms with van der Waals surface area (Å²) in [7, 11) is 0.456. The van der Waals surface area contributed by atoms with E-state index in [2.05, 4.69) is 9.97 Å². The quantitative estimate of drug-likeness (QED) is 0.754. The SMILES string of the molecule is CCC(C)CNC(=O)c1ccc(O[B]O)cc1F.